The Morgan fingerprint density at radius 1 is 1.13 bits per heavy atom. The fourth-order valence-corrected chi connectivity index (χ4v) is 5.16. The fourth-order valence-electron chi connectivity index (χ4n) is 3.61. The number of nitrogens with zero attached hydrogens (tertiary/aromatic N) is 2. The molecule has 9 heteroatoms. The minimum Gasteiger partial charge on any atom is -0.452 e. The summed E-state index contributed by atoms with van der Waals surface area (Å²) in [5.41, 5.74) is 1.71. The molecule has 0 saturated heterocycles. The van der Waals surface area contributed by atoms with E-state index in [0.717, 1.165) is 46.6 Å². The number of sulfonamides is 1. The first-order chi connectivity index (χ1) is 14.8. The van der Waals surface area contributed by atoms with E-state index in [1.165, 1.54) is 0 Å². The van der Waals surface area contributed by atoms with E-state index in [4.69, 9.17) is 4.74 Å². The van der Waals surface area contributed by atoms with Crippen LogP contribution in [0.5, 0.6) is 0 Å². The van der Waals surface area contributed by atoms with Crippen LogP contribution in [0.15, 0.2) is 47.4 Å². The number of carbonyl (C=O) groups is 2. The molecule has 0 aliphatic carbocycles. The van der Waals surface area contributed by atoms with Gasteiger partial charge in [-0.3, -0.25) is 4.79 Å². The van der Waals surface area contributed by atoms with Gasteiger partial charge in [-0.25, -0.2) is 17.6 Å². The van der Waals surface area contributed by atoms with Gasteiger partial charge in [0.2, 0.25) is 10.0 Å². The Labute approximate surface area is 181 Å². The lowest BCUT2D eigenvalue weighted by Gasteiger charge is -2.29. The van der Waals surface area contributed by atoms with Crippen LogP contribution in [0.4, 0.5) is 10.1 Å². The predicted octanol–water partition coefficient (Wildman–Crippen LogP) is 2.99. The first-order valence-corrected chi connectivity index (χ1v) is 11.6. The molecule has 1 heterocycles. The maximum atomic E-state index is 14.2. The smallest absolute Gasteiger partial charge is 0.338 e. The van der Waals surface area contributed by atoms with Gasteiger partial charge in [-0.1, -0.05) is 32.0 Å². The maximum Gasteiger partial charge on any atom is 0.338 e. The Kier molecular flexibility index (Phi) is 7.07. The zero-order valence-corrected chi connectivity index (χ0v) is 18.3. The highest BCUT2D eigenvalue weighted by Gasteiger charge is 2.27. The molecule has 0 fully saturated rings. The second-order valence-corrected chi connectivity index (χ2v) is 8.99. The SMILES string of the molecule is CCN(CC)S(=O)(=O)c1cc(C(=O)OCC(=O)N2CCCc3ccccc32)ccc1F. The van der Waals surface area contributed by atoms with Crippen molar-refractivity contribution >= 4 is 27.6 Å². The number of hydrogen-bond acceptors (Lipinski definition) is 5. The number of rotatable bonds is 7. The lowest BCUT2D eigenvalue weighted by Crippen LogP contribution is -2.38. The second-order valence-electron chi connectivity index (χ2n) is 7.09. The first kappa shape index (κ1) is 22.9. The Morgan fingerprint density at radius 2 is 1.84 bits per heavy atom. The fraction of sp³-hybridized carbons (Fsp3) is 0.364. The maximum absolute atomic E-state index is 14.2. The van der Waals surface area contributed by atoms with Gasteiger partial charge < -0.3 is 9.64 Å². The summed E-state index contributed by atoms with van der Waals surface area (Å²) < 4.78 is 45.8. The molecule has 2 aromatic carbocycles. The molecule has 0 saturated carbocycles. The molecule has 0 unspecified atom stereocenters. The van der Waals surface area contributed by atoms with Crippen LogP contribution in [0.2, 0.25) is 0 Å². The molecular formula is C22H25FN2O5S. The molecule has 7 nitrogen and oxygen atoms in total. The van der Waals surface area contributed by atoms with Gasteiger partial charge in [-0.2, -0.15) is 4.31 Å². The number of para-hydroxylation sites is 1. The Morgan fingerprint density at radius 3 is 2.55 bits per heavy atom. The number of halogens is 1. The third-order valence-electron chi connectivity index (χ3n) is 5.23. The monoisotopic (exact) mass is 448 g/mol. The minimum atomic E-state index is -4.09. The molecule has 1 amide bonds. The van der Waals surface area contributed by atoms with E-state index in [0.29, 0.717) is 6.54 Å². The summed E-state index contributed by atoms with van der Waals surface area (Å²) in [7, 11) is -4.09. The third kappa shape index (κ3) is 4.77. The van der Waals surface area contributed by atoms with Crippen molar-refractivity contribution < 1.29 is 27.1 Å². The van der Waals surface area contributed by atoms with Crippen molar-refractivity contribution in [1.82, 2.24) is 4.31 Å². The first-order valence-electron chi connectivity index (χ1n) is 10.1. The van der Waals surface area contributed by atoms with Crippen molar-refractivity contribution in [2.24, 2.45) is 0 Å². The van der Waals surface area contributed by atoms with Gasteiger partial charge in [0.1, 0.15) is 10.7 Å². The molecule has 0 radical (unpaired) electrons. The largest absolute Gasteiger partial charge is 0.452 e. The van der Waals surface area contributed by atoms with Crippen LogP contribution in [0, 0.1) is 5.82 Å². The van der Waals surface area contributed by atoms with Crippen molar-refractivity contribution in [3.8, 4) is 0 Å². The Bertz CT molecular complexity index is 1080. The van der Waals surface area contributed by atoms with Crippen molar-refractivity contribution in [1.29, 1.82) is 0 Å². The average Bonchev–Trinajstić information content (AvgIpc) is 2.77. The van der Waals surface area contributed by atoms with E-state index >= 15 is 0 Å². The van der Waals surface area contributed by atoms with Crippen molar-refractivity contribution in [3.63, 3.8) is 0 Å². The van der Waals surface area contributed by atoms with E-state index < -0.39 is 33.3 Å². The lowest BCUT2D eigenvalue weighted by molar-refractivity contribution is -0.121. The van der Waals surface area contributed by atoms with Gasteiger partial charge in [0, 0.05) is 25.3 Å². The molecule has 31 heavy (non-hydrogen) atoms. The van der Waals surface area contributed by atoms with Crippen molar-refractivity contribution in [3.05, 3.63) is 59.4 Å². The predicted molar refractivity (Wildman–Crippen MR) is 114 cm³/mol. The summed E-state index contributed by atoms with van der Waals surface area (Å²) in [6, 6.07) is 10.6. The van der Waals surface area contributed by atoms with E-state index in [9.17, 15) is 22.4 Å². The number of hydrogen-bond donors (Lipinski definition) is 0. The second kappa shape index (κ2) is 9.57. The summed E-state index contributed by atoms with van der Waals surface area (Å²) in [5.74, 6) is -2.22. The number of esters is 1. The molecule has 0 bridgehead atoms. The number of amides is 1. The van der Waals surface area contributed by atoms with Gasteiger partial charge in [0.05, 0.1) is 5.56 Å². The molecule has 0 spiro atoms. The average molecular weight is 449 g/mol. The molecule has 2 aromatic rings. The van der Waals surface area contributed by atoms with Crippen LogP contribution in [-0.2, 0) is 26.0 Å². The van der Waals surface area contributed by atoms with Crippen LogP contribution < -0.4 is 4.90 Å². The van der Waals surface area contributed by atoms with Gasteiger partial charge in [0.15, 0.2) is 6.61 Å². The standard InChI is InChI=1S/C22H25FN2O5S/c1-3-24(4-2)31(28,29)20-14-17(11-12-18(20)23)22(27)30-15-21(26)25-13-7-9-16-8-5-6-10-19(16)25/h5-6,8,10-12,14H,3-4,7,9,13,15H2,1-2H3. The Balaban J connectivity index is 1.74. The van der Waals surface area contributed by atoms with E-state index in [2.05, 4.69) is 0 Å². The summed E-state index contributed by atoms with van der Waals surface area (Å²) in [4.78, 5) is 26.1. The topological polar surface area (TPSA) is 84.0 Å². The summed E-state index contributed by atoms with van der Waals surface area (Å²) in [5, 5.41) is 0. The molecule has 1 aliphatic heterocycles. The third-order valence-corrected chi connectivity index (χ3v) is 7.29. The highest BCUT2D eigenvalue weighted by Crippen LogP contribution is 2.27. The minimum absolute atomic E-state index is 0.140. The number of ether oxygens (including phenoxy) is 1. The lowest BCUT2D eigenvalue weighted by atomic mass is 10.0. The molecule has 3 rings (SSSR count). The summed E-state index contributed by atoms with van der Waals surface area (Å²) in [6.45, 7) is 3.64. The normalized spacial score (nSPS) is 13.7. The van der Waals surface area contributed by atoms with Crippen LogP contribution >= 0.6 is 0 Å². The number of carbonyl (C=O) groups excluding carboxylic acids is 2. The van der Waals surface area contributed by atoms with Crippen LogP contribution in [0.3, 0.4) is 0 Å². The van der Waals surface area contributed by atoms with E-state index in [-0.39, 0.29) is 24.6 Å². The Hall–Kier alpha value is -2.78. The van der Waals surface area contributed by atoms with E-state index in [1.807, 2.05) is 24.3 Å². The molecule has 166 valence electrons. The molecular weight excluding hydrogens is 423 g/mol. The van der Waals surface area contributed by atoms with Crippen molar-refractivity contribution in [2.45, 2.75) is 31.6 Å². The van der Waals surface area contributed by atoms with E-state index in [1.54, 1.807) is 18.7 Å². The molecule has 0 aromatic heterocycles. The van der Waals surface area contributed by atoms with Crippen LogP contribution in [0.25, 0.3) is 0 Å². The number of anilines is 1. The molecule has 0 atom stereocenters. The van der Waals surface area contributed by atoms with Crippen LogP contribution in [-0.4, -0.2) is 50.8 Å². The highest BCUT2D eigenvalue weighted by atomic mass is 32.2. The van der Waals surface area contributed by atoms with Crippen molar-refractivity contribution in [2.75, 3.05) is 31.1 Å². The van der Waals surface area contributed by atoms with Gasteiger partial charge in [0.25, 0.3) is 5.91 Å². The number of aryl methyl sites for hydroxylation is 1. The number of benzene rings is 2. The summed E-state index contributed by atoms with van der Waals surface area (Å²) in [6.07, 6.45) is 1.68. The molecule has 0 N–H and O–H groups in total. The van der Waals surface area contributed by atoms with Crippen LogP contribution in [0.1, 0.15) is 36.2 Å². The highest BCUT2D eigenvalue weighted by molar-refractivity contribution is 7.89. The zero-order chi connectivity index (χ0) is 22.6. The van der Waals surface area contributed by atoms with Gasteiger partial charge in [-0.05, 0) is 42.7 Å². The van der Waals surface area contributed by atoms with Gasteiger partial charge >= 0.3 is 5.97 Å². The summed E-state index contributed by atoms with van der Waals surface area (Å²) >= 11 is 0. The van der Waals surface area contributed by atoms with Gasteiger partial charge in [-0.15, -0.1) is 0 Å². The zero-order valence-electron chi connectivity index (χ0n) is 17.5. The molecule has 1 aliphatic rings. The quantitative estimate of drug-likeness (QED) is 0.608. The number of fused-ring (bicyclic) bond motifs is 1.